The van der Waals surface area contributed by atoms with Gasteiger partial charge < -0.3 is 14.4 Å². The molecule has 1 fully saturated rings. The molecule has 1 heterocycles. The fourth-order valence-electron chi connectivity index (χ4n) is 3.96. The number of morpholine rings is 1. The number of halogens is 1. The lowest BCUT2D eigenvalue weighted by atomic mass is 10.1. The zero-order valence-corrected chi connectivity index (χ0v) is 19.9. The van der Waals surface area contributed by atoms with Crippen LogP contribution in [-0.4, -0.2) is 32.5 Å². The quantitative estimate of drug-likeness (QED) is 0.274. The van der Waals surface area contributed by atoms with Crippen LogP contribution in [0.1, 0.15) is 11.1 Å². The Morgan fingerprint density at radius 3 is 2.48 bits per heavy atom. The van der Waals surface area contributed by atoms with Crippen molar-refractivity contribution in [2.75, 3.05) is 31.2 Å². The molecule has 0 radical (unpaired) electrons. The van der Waals surface area contributed by atoms with Crippen LogP contribution in [0.4, 0.5) is 11.4 Å². The topological polar surface area (TPSA) is 34.1 Å². The molecule has 1 saturated heterocycles. The Hall–Kier alpha value is -3.15. The average molecular weight is 501 g/mol. The van der Waals surface area contributed by atoms with E-state index < -0.39 is 0 Å². The summed E-state index contributed by atoms with van der Waals surface area (Å²) in [6.45, 7) is 3.92. The van der Waals surface area contributed by atoms with Gasteiger partial charge in [0.1, 0.15) is 12.4 Å². The van der Waals surface area contributed by atoms with Gasteiger partial charge in [0, 0.05) is 35.0 Å². The molecule has 0 N–H and O–H groups in total. The number of fused-ring (bicyclic) bond motifs is 1. The van der Waals surface area contributed by atoms with Crippen molar-refractivity contribution in [1.82, 2.24) is 0 Å². The Kier molecular flexibility index (Phi) is 6.70. The summed E-state index contributed by atoms with van der Waals surface area (Å²) < 4.78 is 12.6. The lowest BCUT2D eigenvalue weighted by Crippen LogP contribution is -2.36. The minimum atomic E-state index is 0.502. The molecule has 166 valence electrons. The lowest BCUT2D eigenvalue weighted by Gasteiger charge is -2.28. The first-order valence-corrected chi connectivity index (χ1v) is 11.9. The summed E-state index contributed by atoms with van der Waals surface area (Å²) >= 11 is 3.57. The Morgan fingerprint density at radius 1 is 0.879 bits per heavy atom. The Labute approximate surface area is 202 Å². The van der Waals surface area contributed by atoms with Crippen LogP contribution >= 0.6 is 15.9 Å². The number of ether oxygens (including phenoxy) is 2. The van der Waals surface area contributed by atoms with Crippen molar-refractivity contribution >= 4 is 44.3 Å². The summed E-state index contributed by atoms with van der Waals surface area (Å²) in [4.78, 5) is 7.03. The van der Waals surface area contributed by atoms with Crippen LogP contribution in [0.25, 0.3) is 10.8 Å². The molecule has 0 saturated carbocycles. The monoisotopic (exact) mass is 500 g/mol. The smallest absolute Gasteiger partial charge is 0.128 e. The molecule has 0 amide bonds. The minimum absolute atomic E-state index is 0.502. The molecule has 0 aromatic heterocycles. The normalized spacial score (nSPS) is 14.2. The molecule has 4 aromatic carbocycles. The maximum atomic E-state index is 6.18. The number of aliphatic imine (C=N–C) groups is 1. The number of hydrogen-bond donors (Lipinski definition) is 0. The van der Waals surface area contributed by atoms with Gasteiger partial charge >= 0.3 is 0 Å². The summed E-state index contributed by atoms with van der Waals surface area (Å²) in [5.41, 5.74) is 4.19. The summed E-state index contributed by atoms with van der Waals surface area (Å²) in [5.74, 6) is 0.806. The van der Waals surface area contributed by atoms with Crippen LogP contribution in [0.2, 0.25) is 0 Å². The van der Waals surface area contributed by atoms with E-state index in [2.05, 4.69) is 87.6 Å². The van der Waals surface area contributed by atoms with Crippen molar-refractivity contribution in [2.24, 2.45) is 4.99 Å². The highest BCUT2D eigenvalue weighted by atomic mass is 79.9. The number of anilines is 1. The molecule has 1 aliphatic heterocycles. The zero-order chi connectivity index (χ0) is 22.5. The van der Waals surface area contributed by atoms with Gasteiger partial charge in [0.15, 0.2) is 0 Å². The predicted molar refractivity (Wildman–Crippen MR) is 139 cm³/mol. The van der Waals surface area contributed by atoms with Gasteiger partial charge in [-0.2, -0.15) is 0 Å². The number of benzene rings is 4. The molecule has 0 atom stereocenters. The van der Waals surface area contributed by atoms with Crippen molar-refractivity contribution < 1.29 is 9.47 Å². The average Bonchev–Trinajstić information content (AvgIpc) is 2.87. The first-order chi connectivity index (χ1) is 16.2. The second-order valence-electron chi connectivity index (χ2n) is 8.03. The van der Waals surface area contributed by atoms with E-state index in [4.69, 9.17) is 14.5 Å². The number of hydrogen-bond acceptors (Lipinski definition) is 4. The molecule has 0 spiro atoms. The van der Waals surface area contributed by atoms with Crippen molar-refractivity contribution in [3.8, 4) is 5.75 Å². The zero-order valence-electron chi connectivity index (χ0n) is 18.3. The van der Waals surface area contributed by atoms with Crippen molar-refractivity contribution in [2.45, 2.75) is 6.61 Å². The summed E-state index contributed by atoms with van der Waals surface area (Å²) in [6.07, 6.45) is 1.87. The summed E-state index contributed by atoms with van der Waals surface area (Å²) in [6, 6.07) is 29.1. The third-order valence-corrected chi connectivity index (χ3v) is 6.25. The van der Waals surface area contributed by atoms with E-state index in [1.807, 2.05) is 24.4 Å². The highest BCUT2D eigenvalue weighted by Gasteiger charge is 2.10. The number of rotatable bonds is 6. The van der Waals surface area contributed by atoms with Gasteiger partial charge in [-0.15, -0.1) is 0 Å². The summed E-state index contributed by atoms with van der Waals surface area (Å²) in [5, 5.41) is 2.45. The molecule has 4 aromatic rings. The van der Waals surface area contributed by atoms with Crippen molar-refractivity contribution in [3.63, 3.8) is 0 Å². The van der Waals surface area contributed by atoms with Crippen molar-refractivity contribution in [1.29, 1.82) is 0 Å². The molecule has 5 heteroatoms. The third-order valence-electron chi connectivity index (χ3n) is 5.76. The molecule has 4 nitrogen and oxygen atoms in total. The van der Waals surface area contributed by atoms with Gasteiger partial charge in [0.05, 0.1) is 18.9 Å². The minimum Gasteiger partial charge on any atom is -0.488 e. The van der Waals surface area contributed by atoms with Gasteiger partial charge in [-0.05, 0) is 64.9 Å². The molecule has 33 heavy (non-hydrogen) atoms. The Balaban J connectivity index is 1.30. The van der Waals surface area contributed by atoms with Crippen LogP contribution in [0.5, 0.6) is 5.75 Å². The van der Waals surface area contributed by atoms with E-state index >= 15 is 0 Å². The first-order valence-electron chi connectivity index (χ1n) is 11.1. The fourth-order valence-corrected chi connectivity index (χ4v) is 4.34. The fraction of sp³-hybridized carbons (Fsp3) is 0.179. The van der Waals surface area contributed by atoms with Gasteiger partial charge in [0.2, 0.25) is 0 Å². The first kappa shape index (κ1) is 21.7. The van der Waals surface area contributed by atoms with E-state index in [0.29, 0.717) is 6.61 Å². The predicted octanol–water partition coefficient (Wildman–Crippen LogP) is 6.77. The molecule has 0 aliphatic carbocycles. The highest BCUT2D eigenvalue weighted by molar-refractivity contribution is 9.10. The van der Waals surface area contributed by atoms with Gasteiger partial charge in [0.25, 0.3) is 0 Å². The molecule has 0 unspecified atom stereocenters. The van der Waals surface area contributed by atoms with E-state index in [-0.39, 0.29) is 0 Å². The third kappa shape index (κ3) is 5.44. The van der Waals surface area contributed by atoms with Crippen LogP contribution in [0.3, 0.4) is 0 Å². The van der Waals surface area contributed by atoms with Gasteiger partial charge in [-0.1, -0.05) is 52.3 Å². The van der Waals surface area contributed by atoms with Crippen LogP contribution < -0.4 is 9.64 Å². The van der Waals surface area contributed by atoms with Crippen molar-refractivity contribution in [3.05, 3.63) is 101 Å². The second-order valence-corrected chi connectivity index (χ2v) is 8.94. The maximum absolute atomic E-state index is 6.18. The van der Waals surface area contributed by atoms with Gasteiger partial charge in [-0.25, -0.2) is 0 Å². The van der Waals surface area contributed by atoms with E-state index in [1.54, 1.807) is 0 Å². The van der Waals surface area contributed by atoms with Crippen LogP contribution in [0, 0.1) is 0 Å². The maximum Gasteiger partial charge on any atom is 0.128 e. The van der Waals surface area contributed by atoms with Crippen LogP contribution in [-0.2, 0) is 11.3 Å². The van der Waals surface area contributed by atoms with E-state index in [0.717, 1.165) is 53.3 Å². The van der Waals surface area contributed by atoms with E-state index in [9.17, 15) is 0 Å². The highest BCUT2D eigenvalue weighted by Crippen LogP contribution is 2.26. The second kappa shape index (κ2) is 10.2. The molecular formula is C28H25BrN2O2. The molecular weight excluding hydrogens is 476 g/mol. The summed E-state index contributed by atoms with van der Waals surface area (Å²) in [7, 11) is 0. The largest absolute Gasteiger partial charge is 0.488 e. The van der Waals surface area contributed by atoms with Crippen LogP contribution in [0.15, 0.2) is 94.4 Å². The lowest BCUT2D eigenvalue weighted by molar-refractivity contribution is 0.122. The van der Waals surface area contributed by atoms with Gasteiger partial charge in [-0.3, -0.25) is 4.99 Å². The molecule has 0 bridgehead atoms. The Bertz CT molecular complexity index is 1260. The molecule has 5 rings (SSSR count). The van der Waals surface area contributed by atoms with E-state index in [1.165, 1.54) is 16.5 Å². The molecule has 1 aliphatic rings. The SMILES string of the molecule is Brc1ccc(OCc2ccc3ccccc3c2)c(C=Nc2ccc(N3CCOCC3)cc2)c1. The number of nitrogens with zero attached hydrogens (tertiary/aromatic N) is 2. The standard InChI is InChI=1S/C28H25BrN2O2/c29-25-7-12-28(33-20-21-5-6-22-3-1-2-4-23(22)17-21)24(18-25)19-30-26-8-10-27(11-9-26)31-13-15-32-16-14-31/h1-12,17-19H,13-16,20H2. The Morgan fingerprint density at radius 2 is 1.67 bits per heavy atom.